The Kier molecular flexibility index (Phi) is 3.56. The molecule has 1 aromatic heterocycles. The molecule has 1 unspecified atom stereocenters. The summed E-state index contributed by atoms with van der Waals surface area (Å²) in [6.07, 6.45) is 7.88. The van der Waals surface area contributed by atoms with Gasteiger partial charge in [-0.25, -0.2) is 4.98 Å². The minimum absolute atomic E-state index is 0.223. The Morgan fingerprint density at radius 2 is 2.38 bits per heavy atom. The Hall–Kier alpha value is -1.36. The first-order valence-corrected chi connectivity index (χ1v) is 5.67. The Balaban J connectivity index is 1.81. The van der Waals surface area contributed by atoms with Gasteiger partial charge in [-0.05, 0) is 19.4 Å². The van der Waals surface area contributed by atoms with Crippen molar-refractivity contribution < 1.29 is 9.90 Å². The van der Waals surface area contributed by atoms with Crippen molar-refractivity contribution in [1.29, 1.82) is 0 Å². The predicted molar refractivity (Wildman–Crippen MR) is 59.1 cm³/mol. The number of aliphatic carboxylic acids is 1. The van der Waals surface area contributed by atoms with E-state index in [2.05, 4.69) is 9.88 Å². The van der Waals surface area contributed by atoms with Crippen molar-refractivity contribution in [1.82, 2.24) is 14.5 Å². The van der Waals surface area contributed by atoms with Gasteiger partial charge in [0.1, 0.15) is 0 Å². The van der Waals surface area contributed by atoms with E-state index in [1.54, 1.807) is 12.5 Å². The summed E-state index contributed by atoms with van der Waals surface area (Å²) in [6.45, 7) is 2.82. The molecule has 2 rings (SSSR count). The quantitative estimate of drug-likeness (QED) is 0.803. The second-order valence-corrected chi connectivity index (χ2v) is 4.23. The van der Waals surface area contributed by atoms with Crippen LogP contribution in [0.4, 0.5) is 0 Å². The van der Waals surface area contributed by atoms with Crippen LogP contribution in [-0.4, -0.2) is 44.7 Å². The van der Waals surface area contributed by atoms with Gasteiger partial charge < -0.3 is 9.67 Å². The molecule has 1 aliphatic rings. The fourth-order valence-corrected chi connectivity index (χ4v) is 2.29. The van der Waals surface area contributed by atoms with Crippen molar-refractivity contribution in [3.63, 3.8) is 0 Å². The van der Waals surface area contributed by atoms with Gasteiger partial charge in [-0.3, -0.25) is 9.69 Å². The monoisotopic (exact) mass is 223 g/mol. The highest BCUT2D eigenvalue weighted by atomic mass is 16.4. The number of hydrogen-bond donors (Lipinski definition) is 1. The van der Waals surface area contributed by atoms with Crippen LogP contribution >= 0.6 is 0 Å². The molecule has 0 radical (unpaired) electrons. The van der Waals surface area contributed by atoms with Gasteiger partial charge in [0, 0.05) is 31.5 Å². The molecular weight excluding hydrogens is 206 g/mol. The lowest BCUT2D eigenvalue weighted by molar-refractivity contribution is -0.138. The maximum atomic E-state index is 10.7. The maximum absolute atomic E-state index is 10.7. The number of carbonyl (C=O) groups is 1. The third kappa shape index (κ3) is 2.82. The predicted octanol–water partition coefficient (Wildman–Crippen LogP) is 0.822. The number of carboxylic acids is 1. The van der Waals surface area contributed by atoms with E-state index >= 15 is 0 Å². The number of imidazole rings is 1. The summed E-state index contributed by atoms with van der Waals surface area (Å²) in [4.78, 5) is 16.9. The molecule has 1 aromatic rings. The summed E-state index contributed by atoms with van der Waals surface area (Å²) in [5, 5.41) is 8.80. The van der Waals surface area contributed by atoms with Crippen molar-refractivity contribution in [2.75, 3.05) is 13.1 Å². The second-order valence-electron chi connectivity index (χ2n) is 4.23. The van der Waals surface area contributed by atoms with Crippen LogP contribution in [0.5, 0.6) is 0 Å². The number of nitrogens with zero attached hydrogens (tertiary/aromatic N) is 3. The van der Waals surface area contributed by atoms with Crippen LogP contribution in [0.15, 0.2) is 18.7 Å². The van der Waals surface area contributed by atoms with Crippen LogP contribution in [-0.2, 0) is 11.3 Å². The third-order valence-corrected chi connectivity index (χ3v) is 3.11. The summed E-state index contributed by atoms with van der Waals surface area (Å²) < 4.78 is 2.02. The van der Waals surface area contributed by atoms with Gasteiger partial charge in [-0.1, -0.05) is 0 Å². The van der Waals surface area contributed by atoms with Gasteiger partial charge in [0.15, 0.2) is 0 Å². The van der Waals surface area contributed by atoms with E-state index in [4.69, 9.17) is 5.11 Å². The van der Waals surface area contributed by atoms with Gasteiger partial charge in [0.25, 0.3) is 0 Å². The van der Waals surface area contributed by atoms with E-state index in [0.29, 0.717) is 0 Å². The number of likely N-dealkylation sites (tertiary alicyclic amines) is 1. The zero-order chi connectivity index (χ0) is 11.4. The van der Waals surface area contributed by atoms with Gasteiger partial charge in [0.05, 0.1) is 12.7 Å². The third-order valence-electron chi connectivity index (χ3n) is 3.11. The number of rotatable bonds is 5. The molecule has 0 bridgehead atoms. The topological polar surface area (TPSA) is 58.4 Å². The molecule has 1 saturated heterocycles. The van der Waals surface area contributed by atoms with Crippen LogP contribution in [0.25, 0.3) is 0 Å². The first-order valence-electron chi connectivity index (χ1n) is 5.67. The lowest BCUT2D eigenvalue weighted by Crippen LogP contribution is -2.33. The first kappa shape index (κ1) is 11.1. The Morgan fingerprint density at radius 1 is 1.50 bits per heavy atom. The Morgan fingerprint density at radius 3 is 3.06 bits per heavy atom. The van der Waals surface area contributed by atoms with E-state index in [1.165, 1.54) is 0 Å². The maximum Gasteiger partial charge on any atom is 0.304 e. The summed E-state index contributed by atoms with van der Waals surface area (Å²) in [7, 11) is 0. The van der Waals surface area contributed by atoms with E-state index in [1.807, 2.05) is 10.8 Å². The average molecular weight is 223 g/mol. The Labute approximate surface area is 94.7 Å². The molecular formula is C11H17N3O2. The molecule has 16 heavy (non-hydrogen) atoms. The fraction of sp³-hybridized carbons (Fsp3) is 0.636. The van der Waals surface area contributed by atoms with Crippen molar-refractivity contribution in [2.45, 2.75) is 31.8 Å². The second kappa shape index (κ2) is 5.12. The summed E-state index contributed by atoms with van der Waals surface area (Å²) in [5.74, 6) is -0.695. The standard InChI is InChI=1S/C11H17N3O2/c15-11(16)8-10-2-1-4-14(10)7-6-13-5-3-12-9-13/h3,5,9-10H,1-2,4,6-8H2,(H,15,16). The molecule has 0 aromatic carbocycles. The van der Waals surface area contributed by atoms with Crippen LogP contribution in [0.2, 0.25) is 0 Å². The van der Waals surface area contributed by atoms with Crippen molar-refractivity contribution in [2.24, 2.45) is 0 Å². The molecule has 0 spiro atoms. The lowest BCUT2D eigenvalue weighted by Gasteiger charge is -2.23. The molecule has 5 heteroatoms. The molecule has 1 aliphatic heterocycles. The minimum atomic E-state index is -0.695. The first-order chi connectivity index (χ1) is 7.75. The zero-order valence-corrected chi connectivity index (χ0v) is 9.25. The number of hydrogen-bond acceptors (Lipinski definition) is 3. The smallest absolute Gasteiger partial charge is 0.304 e. The van der Waals surface area contributed by atoms with Gasteiger partial charge >= 0.3 is 5.97 Å². The van der Waals surface area contributed by atoms with Gasteiger partial charge in [0.2, 0.25) is 0 Å². The van der Waals surface area contributed by atoms with Gasteiger partial charge in [-0.2, -0.15) is 0 Å². The Bertz CT molecular complexity index is 337. The molecule has 1 fully saturated rings. The lowest BCUT2D eigenvalue weighted by atomic mass is 10.1. The van der Waals surface area contributed by atoms with E-state index < -0.39 is 5.97 Å². The van der Waals surface area contributed by atoms with Crippen molar-refractivity contribution in [3.05, 3.63) is 18.7 Å². The summed E-state index contributed by atoms with van der Waals surface area (Å²) in [5.41, 5.74) is 0. The van der Waals surface area contributed by atoms with E-state index in [0.717, 1.165) is 32.5 Å². The summed E-state index contributed by atoms with van der Waals surface area (Å²) >= 11 is 0. The summed E-state index contributed by atoms with van der Waals surface area (Å²) in [6, 6.07) is 0.223. The van der Waals surface area contributed by atoms with Gasteiger partial charge in [-0.15, -0.1) is 0 Å². The molecule has 1 atom stereocenters. The van der Waals surface area contributed by atoms with Crippen LogP contribution < -0.4 is 0 Å². The van der Waals surface area contributed by atoms with Crippen molar-refractivity contribution in [3.8, 4) is 0 Å². The molecule has 1 N–H and O–H groups in total. The van der Waals surface area contributed by atoms with Crippen LogP contribution in [0.3, 0.4) is 0 Å². The highest BCUT2D eigenvalue weighted by Crippen LogP contribution is 2.19. The molecule has 0 aliphatic carbocycles. The minimum Gasteiger partial charge on any atom is -0.481 e. The molecule has 0 saturated carbocycles. The number of carboxylic acid groups (broad SMARTS) is 1. The fourth-order valence-electron chi connectivity index (χ4n) is 2.29. The highest BCUT2D eigenvalue weighted by Gasteiger charge is 2.25. The molecule has 5 nitrogen and oxygen atoms in total. The normalized spacial score (nSPS) is 21.4. The van der Waals surface area contributed by atoms with E-state index in [9.17, 15) is 4.79 Å². The van der Waals surface area contributed by atoms with E-state index in [-0.39, 0.29) is 12.5 Å². The molecule has 88 valence electrons. The van der Waals surface area contributed by atoms with Crippen molar-refractivity contribution >= 4 is 5.97 Å². The SMILES string of the molecule is O=C(O)CC1CCCN1CCn1ccnc1. The van der Waals surface area contributed by atoms with Crippen LogP contribution in [0, 0.1) is 0 Å². The molecule has 0 amide bonds. The number of aromatic nitrogens is 2. The average Bonchev–Trinajstić information content (AvgIpc) is 2.84. The highest BCUT2D eigenvalue weighted by molar-refractivity contribution is 5.67. The van der Waals surface area contributed by atoms with Crippen LogP contribution in [0.1, 0.15) is 19.3 Å². The largest absolute Gasteiger partial charge is 0.481 e. The molecule has 2 heterocycles. The zero-order valence-electron chi connectivity index (χ0n) is 9.25.